The van der Waals surface area contributed by atoms with Crippen molar-refractivity contribution in [2.75, 3.05) is 19.3 Å². The molecule has 7 heteroatoms. The number of nitrogens with one attached hydrogen (secondary N) is 2. The van der Waals surface area contributed by atoms with Gasteiger partial charge in [0.25, 0.3) is 0 Å². The maximum Gasteiger partial charge on any atom is 0.193 e. The molecule has 3 rings (SSSR count). The van der Waals surface area contributed by atoms with E-state index in [-0.39, 0.29) is 0 Å². The Bertz CT molecular complexity index is 554. The third-order valence-corrected chi connectivity index (χ3v) is 5.49. The van der Waals surface area contributed by atoms with Crippen molar-refractivity contribution in [3.05, 3.63) is 23.5 Å². The number of hydrogen-bond acceptors (Lipinski definition) is 4. The molecule has 2 aromatic rings. The van der Waals surface area contributed by atoms with E-state index >= 15 is 0 Å². The van der Waals surface area contributed by atoms with Gasteiger partial charge in [-0.2, -0.15) is 11.8 Å². The molecule has 0 amide bonds. The molecule has 2 N–H and O–H groups in total. The van der Waals surface area contributed by atoms with Crippen LogP contribution in [0, 0.1) is 0 Å². The molecule has 1 saturated heterocycles. The molecule has 0 aliphatic carbocycles. The summed E-state index contributed by atoms with van der Waals surface area (Å²) in [4.78, 5) is 9.84. The summed E-state index contributed by atoms with van der Waals surface area (Å²) in [6.07, 6.45) is 6.74. The summed E-state index contributed by atoms with van der Waals surface area (Å²) in [5, 5.41) is 9.48. The van der Waals surface area contributed by atoms with E-state index in [0.717, 1.165) is 28.4 Å². The van der Waals surface area contributed by atoms with Crippen LogP contribution in [0.4, 0.5) is 0 Å². The smallest absolute Gasteiger partial charge is 0.193 e. The van der Waals surface area contributed by atoms with Gasteiger partial charge >= 0.3 is 0 Å². The van der Waals surface area contributed by atoms with Gasteiger partial charge in [-0.05, 0) is 18.6 Å². The highest BCUT2D eigenvalue weighted by Gasteiger charge is 2.15. The number of imidazole rings is 1. The second kappa shape index (κ2) is 6.49. The zero-order chi connectivity index (χ0) is 13.8. The predicted molar refractivity (Wildman–Crippen MR) is 86.8 cm³/mol. The summed E-state index contributed by atoms with van der Waals surface area (Å²) >= 11 is 3.70. The Hall–Kier alpha value is -1.21. The van der Waals surface area contributed by atoms with Crippen molar-refractivity contribution < 1.29 is 0 Å². The van der Waals surface area contributed by atoms with Gasteiger partial charge in [-0.25, -0.2) is 4.98 Å². The Balaban J connectivity index is 1.49. The molecular weight excluding hydrogens is 290 g/mol. The number of aliphatic imine (C=N–C) groups is 1. The van der Waals surface area contributed by atoms with Gasteiger partial charge in [0.2, 0.25) is 0 Å². The summed E-state index contributed by atoms with van der Waals surface area (Å²) in [6.45, 7) is 1.69. The number of thioether (sulfide) groups is 1. The van der Waals surface area contributed by atoms with E-state index in [1.165, 1.54) is 18.6 Å². The number of hydrogen-bond donors (Lipinski definition) is 2. The summed E-state index contributed by atoms with van der Waals surface area (Å²) in [5.74, 6) is 2.15. The molecule has 0 bridgehead atoms. The number of fused-ring (bicyclic) bond motifs is 1. The van der Waals surface area contributed by atoms with Crippen LogP contribution >= 0.6 is 23.1 Å². The fraction of sp³-hybridized carbons (Fsp3) is 0.538. The number of aromatic nitrogens is 2. The van der Waals surface area contributed by atoms with Gasteiger partial charge in [-0.15, -0.1) is 11.3 Å². The second-order valence-electron chi connectivity index (χ2n) is 4.77. The molecule has 20 heavy (non-hydrogen) atoms. The number of nitrogens with zero attached hydrogens (tertiary/aromatic N) is 3. The van der Waals surface area contributed by atoms with E-state index in [2.05, 4.69) is 38.6 Å². The lowest BCUT2D eigenvalue weighted by atomic mass is 10.2. The molecule has 108 valence electrons. The average Bonchev–Trinajstić information content (AvgIpc) is 3.15. The highest BCUT2D eigenvalue weighted by atomic mass is 32.2. The molecular formula is C13H19N5S2. The van der Waals surface area contributed by atoms with Crippen LogP contribution in [-0.2, 0) is 6.54 Å². The van der Waals surface area contributed by atoms with Crippen molar-refractivity contribution >= 4 is 34.0 Å². The number of rotatable bonds is 4. The van der Waals surface area contributed by atoms with Crippen LogP contribution in [0.1, 0.15) is 18.5 Å². The third kappa shape index (κ3) is 3.27. The molecule has 5 nitrogen and oxygen atoms in total. The van der Waals surface area contributed by atoms with Crippen LogP contribution in [0.3, 0.4) is 0 Å². The van der Waals surface area contributed by atoms with Gasteiger partial charge < -0.3 is 10.6 Å². The van der Waals surface area contributed by atoms with Crippen molar-refractivity contribution in [2.24, 2.45) is 4.99 Å². The molecule has 0 spiro atoms. The lowest BCUT2D eigenvalue weighted by Gasteiger charge is -2.14. The van der Waals surface area contributed by atoms with Gasteiger partial charge in [-0.1, -0.05) is 0 Å². The molecule has 0 saturated carbocycles. The number of thiazole rings is 1. The van der Waals surface area contributed by atoms with Gasteiger partial charge in [0.05, 0.1) is 12.2 Å². The summed E-state index contributed by atoms with van der Waals surface area (Å²) in [7, 11) is 1.81. The molecule has 3 heterocycles. The monoisotopic (exact) mass is 309 g/mol. The average molecular weight is 309 g/mol. The van der Waals surface area contributed by atoms with Crippen molar-refractivity contribution in [1.82, 2.24) is 20.0 Å². The van der Waals surface area contributed by atoms with E-state index in [4.69, 9.17) is 0 Å². The van der Waals surface area contributed by atoms with Crippen molar-refractivity contribution in [3.8, 4) is 0 Å². The molecule has 1 aliphatic heterocycles. The van der Waals surface area contributed by atoms with Crippen molar-refractivity contribution in [1.29, 1.82) is 0 Å². The second-order valence-corrected chi connectivity index (χ2v) is 7.05. The quantitative estimate of drug-likeness (QED) is 0.669. The first kappa shape index (κ1) is 13.8. The summed E-state index contributed by atoms with van der Waals surface area (Å²) in [6, 6.07) is 0. The third-order valence-electron chi connectivity index (χ3n) is 3.32. The fourth-order valence-corrected chi connectivity index (χ4v) is 4.19. The lowest BCUT2D eigenvalue weighted by Crippen LogP contribution is -2.39. The molecule has 0 aromatic carbocycles. The zero-order valence-corrected chi connectivity index (χ0v) is 13.1. The number of guanidine groups is 1. The molecule has 0 radical (unpaired) electrons. The van der Waals surface area contributed by atoms with Crippen LogP contribution in [0.15, 0.2) is 22.8 Å². The first-order valence-electron chi connectivity index (χ1n) is 6.82. The van der Waals surface area contributed by atoms with E-state index in [1.807, 2.05) is 23.0 Å². The maximum atomic E-state index is 4.55. The Labute approximate surface area is 126 Å². The van der Waals surface area contributed by atoms with Crippen LogP contribution < -0.4 is 10.6 Å². The van der Waals surface area contributed by atoms with Gasteiger partial charge in [-0.3, -0.25) is 9.39 Å². The van der Waals surface area contributed by atoms with Crippen molar-refractivity contribution in [2.45, 2.75) is 24.6 Å². The Kier molecular flexibility index (Phi) is 4.47. The minimum absolute atomic E-state index is 0.700. The topological polar surface area (TPSA) is 53.7 Å². The van der Waals surface area contributed by atoms with Crippen LogP contribution in [-0.4, -0.2) is 39.9 Å². The highest BCUT2D eigenvalue weighted by Crippen LogP contribution is 2.25. The van der Waals surface area contributed by atoms with E-state index in [1.54, 1.807) is 11.3 Å². The summed E-state index contributed by atoms with van der Waals surface area (Å²) in [5.41, 5.74) is 1.04. The van der Waals surface area contributed by atoms with Crippen LogP contribution in [0.2, 0.25) is 0 Å². The minimum atomic E-state index is 0.700. The molecule has 1 atom stereocenters. The lowest BCUT2D eigenvalue weighted by molar-refractivity contribution is 0.724. The van der Waals surface area contributed by atoms with Crippen molar-refractivity contribution in [3.63, 3.8) is 0 Å². The zero-order valence-electron chi connectivity index (χ0n) is 11.5. The van der Waals surface area contributed by atoms with Gasteiger partial charge in [0, 0.05) is 36.6 Å². The molecule has 1 fully saturated rings. The van der Waals surface area contributed by atoms with E-state index in [0.29, 0.717) is 6.54 Å². The standard InChI is InChI=1S/C13H19N5S2/c1-14-12(16-8-11-3-2-5-19-11)15-7-10-9-18-4-6-20-13(18)17-10/h4,6,9,11H,2-3,5,7-8H2,1H3,(H2,14,15,16). The largest absolute Gasteiger partial charge is 0.355 e. The first-order chi connectivity index (χ1) is 9.85. The Morgan fingerprint density at radius 3 is 3.25 bits per heavy atom. The first-order valence-corrected chi connectivity index (χ1v) is 8.75. The minimum Gasteiger partial charge on any atom is -0.355 e. The van der Waals surface area contributed by atoms with Crippen LogP contribution in [0.5, 0.6) is 0 Å². The van der Waals surface area contributed by atoms with Gasteiger partial charge in [0.15, 0.2) is 10.9 Å². The highest BCUT2D eigenvalue weighted by molar-refractivity contribution is 8.00. The Morgan fingerprint density at radius 2 is 2.50 bits per heavy atom. The maximum absolute atomic E-state index is 4.55. The normalized spacial score (nSPS) is 19.6. The fourth-order valence-electron chi connectivity index (χ4n) is 2.27. The SMILES string of the molecule is CN=C(NCc1cn2ccsc2n1)NCC1CCCS1. The Morgan fingerprint density at radius 1 is 1.55 bits per heavy atom. The predicted octanol–water partition coefficient (Wildman–Crippen LogP) is 1.96. The molecule has 2 aromatic heterocycles. The van der Waals surface area contributed by atoms with E-state index < -0.39 is 0 Å². The molecule has 1 unspecified atom stereocenters. The summed E-state index contributed by atoms with van der Waals surface area (Å²) < 4.78 is 2.05. The van der Waals surface area contributed by atoms with Crippen LogP contribution in [0.25, 0.3) is 4.96 Å². The van der Waals surface area contributed by atoms with E-state index in [9.17, 15) is 0 Å². The van der Waals surface area contributed by atoms with Gasteiger partial charge in [0.1, 0.15) is 0 Å². The molecule has 1 aliphatic rings.